The number of para-hydroxylation sites is 1. The quantitative estimate of drug-likeness (QED) is 0.775. The number of hydrogen-bond donors (Lipinski definition) is 1. The van der Waals surface area contributed by atoms with Crippen LogP contribution in [0.3, 0.4) is 0 Å². The van der Waals surface area contributed by atoms with Crippen molar-refractivity contribution in [1.82, 2.24) is 5.32 Å². The lowest BCUT2D eigenvalue weighted by atomic mass is 9.89. The third-order valence-corrected chi connectivity index (χ3v) is 4.07. The van der Waals surface area contributed by atoms with E-state index >= 15 is 0 Å². The van der Waals surface area contributed by atoms with Gasteiger partial charge in [-0.3, -0.25) is 0 Å². The average molecular weight is 245 g/mol. The first-order valence-corrected chi connectivity index (χ1v) is 7.38. The molecule has 1 saturated carbocycles. The lowest BCUT2D eigenvalue weighted by Gasteiger charge is -2.25. The molecule has 1 fully saturated rings. The summed E-state index contributed by atoms with van der Waals surface area (Å²) in [5, 5.41) is 3.59. The van der Waals surface area contributed by atoms with E-state index in [9.17, 15) is 0 Å². The van der Waals surface area contributed by atoms with Gasteiger partial charge in [0.2, 0.25) is 0 Å². The first-order chi connectivity index (χ1) is 8.93. The van der Waals surface area contributed by atoms with Crippen LogP contribution in [0.2, 0.25) is 0 Å². The number of hydrogen-bond acceptors (Lipinski definition) is 2. The van der Waals surface area contributed by atoms with Gasteiger partial charge in [0, 0.05) is 6.04 Å². The van der Waals surface area contributed by atoms with E-state index in [0.717, 1.165) is 24.3 Å². The fourth-order valence-corrected chi connectivity index (χ4v) is 2.83. The predicted molar refractivity (Wildman–Crippen MR) is 74.2 cm³/mol. The number of benzene rings is 1. The van der Waals surface area contributed by atoms with Gasteiger partial charge >= 0.3 is 0 Å². The van der Waals surface area contributed by atoms with Crippen molar-refractivity contribution in [2.75, 3.05) is 13.2 Å². The maximum Gasteiger partial charge on any atom is 0.122 e. The van der Waals surface area contributed by atoms with Crippen LogP contribution in [0.25, 0.3) is 0 Å². The molecule has 1 N–H and O–H groups in total. The molecule has 98 valence electrons. The van der Waals surface area contributed by atoms with Crippen LogP contribution in [0.5, 0.6) is 5.75 Å². The molecule has 0 radical (unpaired) electrons. The zero-order valence-corrected chi connectivity index (χ0v) is 11.0. The fraction of sp³-hybridized carbons (Fsp3) is 0.625. The Bertz CT molecular complexity index is 386. The van der Waals surface area contributed by atoms with Crippen molar-refractivity contribution in [1.29, 1.82) is 0 Å². The maximum atomic E-state index is 5.71. The summed E-state index contributed by atoms with van der Waals surface area (Å²) in [7, 11) is 0. The highest BCUT2D eigenvalue weighted by molar-refractivity contribution is 5.37. The highest BCUT2D eigenvalue weighted by Crippen LogP contribution is 2.36. The highest BCUT2D eigenvalue weighted by Gasteiger charge is 2.21. The van der Waals surface area contributed by atoms with Crippen LogP contribution in [-0.4, -0.2) is 19.2 Å². The minimum absolute atomic E-state index is 0.718. The Morgan fingerprint density at radius 2 is 2.00 bits per heavy atom. The Morgan fingerprint density at radius 1 is 1.11 bits per heavy atom. The van der Waals surface area contributed by atoms with Crippen LogP contribution in [0.1, 0.15) is 50.0 Å². The Kier molecular flexibility index (Phi) is 3.84. The molecule has 2 heteroatoms. The Balaban J connectivity index is 1.44. The topological polar surface area (TPSA) is 21.3 Å². The number of rotatable bonds is 6. The Labute approximate surface area is 110 Å². The van der Waals surface area contributed by atoms with Gasteiger partial charge in [-0.05, 0) is 56.2 Å². The van der Waals surface area contributed by atoms with Gasteiger partial charge < -0.3 is 10.1 Å². The molecule has 0 bridgehead atoms. The molecular formula is C16H23NO. The van der Waals surface area contributed by atoms with Crippen LogP contribution >= 0.6 is 0 Å². The average Bonchev–Trinajstić information content (AvgIpc) is 3.23. The SMILES string of the molecule is c1ccc2c(c1)OCCC2CCCCNC1CC1. The summed E-state index contributed by atoms with van der Waals surface area (Å²) in [6.45, 7) is 2.09. The summed E-state index contributed by atoms with van der Waals surface area (Å²) in [6, 6.07) is 9.40. The molecule has 0 saturated heterocycles. The van der Waals surface area contributed by atoms with E-state index in [0.29, 0.717) is 0 Å². The predicted octanol–water partition coefficient (Wildman–Crippen LogP) is 3.48. The summed E-state index contributed by atoms with van der Waals surface area (Å²) in [5.74, 6) is 1.83. The second-order valence-electron chi connectivity index (χ2n) is 5.60. The van der Waals surface area contributed by atoms with Crippen molar-refractivity contribution in [3.8, 4) is 5.75 Å². The largest absolute Gasteiger partial charge is 0.493 e. The van der Waals surface area contributed by atoms with Gasteiger partial charge in [0.1, 0.15) is 5.75 Å². The monoisotopic (exact) mass is 245 g/mol. The van der Waals surface area contributed by atoms with Crippen LogP contribution < -0.4 is 10.1 Å². The van der Waals surface area contributed by atoms with Crippen LogP contribution in [-0.2, 0) is 0 Å². The van der Waals surface area contributed by atoms with Gasteiger partial charge in [-0.1, -0.05) is 24.6 Å². The lowest BCUT2D eigenvalue weighted by molar-refractivity contribution is 0.261. The van der Waals surface area contributed by atoms with Crippen LogP contribution in [0.15, 0.2) is 24.3 Å². The third kappa shape index (κ3) is 3.05. The van der Waals surface area contributed by atoms with E-state index in [1.165, 1.54) is 50.6 Å². The Hall–Kier alpha value is -1.02. The zero-order valence-electron chi connectivity index (χ0n) is 11.0. The first kappa shape index (κ1) is 12.0. The van der Waals surface area contributed by atoms with E-state index < -0.39 is 0 Å². The molecule has 3 rings (SSSR count). The van der Waals surface area contributed by atoms with E-state index in [1.54, 1.807) is 0 Å². The molecule has 1 aliphatic heterocycles. The fourth-order valence-electron chi connectivity index (χ4n) is 2.83. The summed E-state index contributed by atoms with van der Waals surface area (Å²) in [5.41, 5.74) is 1.43. The minimum Gasteiger partial charge on any atom is -0.493 e. The van der Waals surface area contributed by atoms with Gasteiger partial charge in [-0.15, -0.1) is 0 Å². The highest BCUT2D eigenvalue weighted by atomic mass is 16.5. The molecule has 18 heavy (non-hydrogen) atoms. The number of unbranched alkanes of at least 4 members (excludes halogenated alkanes) is 1. The molecule has 1 heterocycles. The van der Waals surface area contributed by atoms with Gasteiger partial charge in [0.25, 0.3) is 0 Å². The zero-order chi connectivity index (χ0) is 12.2. The normalized spacial score (nSPS) is 22.3. The summed E-state index contributed by atoms with van der Waals surface area (Å²) < 4.78 is 5.71. The molecule has 0 spiro atoms. The van der Waals surface area contributed by atoms with Crippen molar-refractivity contribution < 1.29 is 4.74 Å². The molecule has 1 aromatic carbocycles. The molecule has 2 aliphatic rings. The first-order valence-electron chi connectivity index (χ1n) is 7.38. The maximum absolute atomic E-state index is 5.71. The smallest absolute Gasteiger partial charge is 0.122 e. The molecule has 1 atom stereocenters. The summed E-state index contributed by atoms with van der Waals surface area (Å²) >= 11 is 0. The van der Waals surface area contributed by atoms with Crippen molar-refractivity contribution in [3.63, 3.8) is 0 Å². The van der Waals surface area contributed by atoms with E-state index in [1.807, 2.05) is 0 Å². The van der Waals surface area contributed by atoms with E-state index in [2.05, 4.69) is 29.6 Å². The third-order valence-electron chi connectivity index (χ3n) is 4.07. The summed E-state index contributed by atoms with van der Waals surface area (Å²) in [6.07, 6.45) is 7.94. The van der Waals surface area contributed by atoms with Gasteiger partial charge in [-0.2, -0.15) is 0 Å². The van der Waals surface area contributed by atoms with E-state index in [-0.39, 0.29) is 0 Å². The van der Waals surface area contributed by atoms with Gasteiger partial charge in [0.15, 0.2) is 0 Å². The number of ether oxygens (including phenoxy) is 1. The molecule has 0 amide bonds. The standard InChI is InChI=1S/C16H23NO/c1-2-7-16-15(6-1)13(10-12-18-16)5-3-4-11-17-14-8-9-14/h1-2,6-7,13-14,17H,3-5,8-12H2. The molecule has 0 aromatic heterocycles. The Morgan fingerprint density at radius 3 is 2.89 bits per heavy atom. The van der Waals surface area contributed by atoms with Crippen molar-refractivity contribution in [3.05, 3.63) is 29.8 Å². The number of fused-ring (bicyclic) bond motifs is 1. The van der Waals surface area contributed by atoms with Crippen molar-refractivity contribution >= 4 is 0 Å². The second-order valence-corrected chi connectivity index (χ2v) is 5.60. The molecule has 1 aromatic rings. The lowest BCUT2D eigenvalue weighted by Crippen LogP contribution is -2.18. The van der Waals surface area contributed by atoms with Gasteiger partial charge in [0.05, 0.1) is 6.61 Å². The summed E-state index contributed by atoms with van der Waals surface area (Å²) in [4.78, 5) is 0. The van der Waals surface area contributed by atoms with Crippen LogP contribution in [0, 0.1) is 0 Å². The van der Waals surface area contributed by atoms with E-state index in [4.69, 9.17) is 4.74 Å². The minimum atomic E-state index is 0.718. The van der Waals surface area contributed by atoms with Crippen LogP contribution in [0.4, 0.5) is 0 Å². The second kappa shape index (κ2) is 5.75. The molecular weight excluding hydrogens is 222 g/mol. The molecule has 2 nitrogen and oxygen atoms in total. The molecule has 1 unspecified atom stereocenters. The molecule has 1 aliphatic carbocycles. The van der Waals surface area contributed by atoms with Gasteiger partial charge in [-0.25, -0.2) is 0 Å². The van der Waals surface area contributed by atoms with Crippen molar-refractivity contribution in [2.24, 2.45) is 0 Å². The van der Waals surface area contributed by atoms with Crippen molar-refractivity contribution in [2.45, 2.75) is 50.5 Å². The number of nitrogens with one attached hydrogen (secondary N) is 1.